The molecule has 1 fully saturated rings. The third-order valence-electron chi connectivity index (χ3n) is 2.66. The van der Waals surface area contributed by atoms with E-state index in [-0.39, 0.29) is 6.04 Å². The number of hydrogen-bond acceptors (Lipinski definition) is 2. The first kappa shape index (κ1) is 13.4. The number of alkyl carbamates (subject to hydrolysis) is 1. The Labute approximate surface area is 115 Å². The molecule has 0 saturated carbocycles. The standard InChI is InChI=1S/C11H9F3INO2/c1-5-9(18-10(17)16-5)7-4-6(11(12,13)14)2-3-8(7)15/h2-5,9H,1H3,(H,16,17)/t5-,9+/m1/s1. The van der Waals surface area contributed by atoms with Gasteiger partial charge in [0.25, 0.3) is 0 Å². The second-order valence-electron chi connectivity index (χ2n) is 3.99. The van der Waals surface area contributed by atoms with Crippen LogP contribution in [0.1, 0.15) is 24.2 Å². The van der Waals surface area contributed by atoms with Crippen LogP contribution in [0, 0.1) is 3.57 Å². The van der Waals surface area contributed by atoms with Gasteiger partial charge in [-0.25, -0.2) is 4.79 Å². The molecular formula is C11H9F3INO2. The highest BCUT2D eigenvalue weighted by molar-refractivity contribution is 14.1. The summed E-state index contributed by atoms with van der Waals surface area (Å²) in [5.74, 6) is 0. The minimum atomic E-state index is -4.40. The van der Waals surface area contributed by atoms with Crippen molar-refractivity contribution in [2.45, 2.75) is 25.2 Å². The van der Waals surface area contributed by atoms with E-state index in [9.17, 15) is 18.0 Å². The van der Waals surface area contributed by atoms with Crippen molar-refractivity contribution < 1.29 is 22.7 Å². The number of hydrogen-bond donors (Lipinski definition) is 1. The van der Waals surface area contributed by atoms with Gasteiger partial charge in [0, 0.05) is 9.13 Å². The van der Waals surface area contributed by atoms with Crippen LogP contribution in [0.3, 0.4) is 0 Å². The van der Waals surface area contributed by atoms with Crippen LogP contribution in [0.2, 0.25) is 0 Å². The molecule has 0 aliphatic carbocycles. The maximum Gasteiger partial charge on any atom is 0.416 e. The number of ether oxygens (including phenoxy) is 1. The first-order chi connectivity index (χ1) is 8.29. The monoisotopic (exact) mass is 371 g/mol. The van der Waals surface area contributed by atoms with Crippen LogP contribution < -0.4 is 5.32 Å². The van der Waals surface area contributed by atoms with Crippen molar-refractivity contribution in [1.82, 2.24) is 5.32 Å². The molecule has 2 rings (SSSR count). The van der Waals surface area contributed by atoms with E-state index in [2.05, 4.69) is 5.32 Å². The highest BCUT2D eigenvalue weighted by Crippen LogP contribution is 2.35. The van der Waals surface area contributed by atoms with Crippen LogP contribution in [0.25, 0.3) is 0 Å². The fourth-order valence-corrected chi connectivity index (χ4v) is 2.43. The zero-order valence-corrected chi connectivity index (χ0v) is 11.4. The van der Waals surface area contributed by atoms with Crippen LogP contribution >= 0.6 is 22.6 Å². The summed E-state index contributed by atoms with van der Waals surface area (Å²) in [7, 11) is 0. The van der Waals surface area contributed by atoms with E-state index in [4.69, 9.17) is 4.74 Å². The maximum absolute atomic E-state index is 12.6. The Balaban J connectivity index is 2.41. The lowest BCUT2D eigenvalue weighted by atomic mass is 10.0. The molecule has 98 valence electrons. The van der Waals surface area contributed by atoms with Crippen molar-refractivity contribution in [3.05, 3.63) is 32.9 Å². The summed E-state index contributed by atoms with van der Waals surface area (Å²) in [5.41, 5.74) is -0.371. The fourth-order valence-electron chi connectivity index (χ4n) is 1.78. The van der Waals surface area contributed by atoms with Gasteiger partial charge in [0.2, 0.25) is 0 Å². The summed E-state index contributed by atoms with van der Waals surface area (Å²) in [4.78, 5) is 11.1. The number of benzene rings is 1. The van der Waals surface area contributed by atoms with E-state index in [1.54, 1.807) is 6.92 Å². The van der Waals surface area contributed by atoms with Crippen molar-refractivity contribution in [1.29, 1.82) is 0 Å². The smallest absolute Gasteiger partial charge is 0.416 e. The molecule has 0 radical (unpaired) electrons. The van der Waals surface area contributed by atoms with Crippen LogP contribution in [0.4, 0.5) is 18.0 Å². The molecule has 0 bridgehead atoms. The lowest BCUT2D eigenvalue weighted by Crippen LogP contribution is -2.24. The van der Waals surface area contributed by atoms with Gasteiger partial charge in [-0.3, -0.25) is 0 Å². The Kier molecular flexibility index (Phi) is 3.43. The normalized spacial score (nSPS) is 23.7. The molecule has 3 nitrogen and oxygen atoms in total. The van der Waals surface area contributed by atoms with Crippen LogP contribution in [-0.2, 0) is 10.9 Å². The SMILES string of the molecule is C[C@H]1NC(=O)O[C@@H]1c1cc(C(F)(F)F)ccc1I. The van der Waals surface area contributed by atoms with Crippen LogP contribution in [-0.4, -0.2) is 12.1 Å². The van der Waals surface area contributed by atoms with Gasteiger partial charge >= 0.3 is 12.3 Å². The van der Waals surface area contributed by atoms with Crippen molar-refractivity contribution in [2.24, 2.45) is 0 Å². The van der Waals surface area contributed by atoms with E-state index in [1.807, 2.05) is 22.6 Å². The average molecular weight is 371 g/mol. The van der Waals surface area contributed by atoms with E-state index in [0.717, 1.165) is 12.1 Å². The average Bonchev–Trinajstić information content (AvgIpc) is 2.56. The minimum absolute atomic E-state index is 0.352. The van der Waals surface area contributed by atoms with Crippen molar-refractivity contribution in [2.75, 3.05) is 0 Å². The minimum Gasteiger partial charge on any atom is -0.439 e. The van der Waals surface area contributed by atoms with Gasteiger partial charge < -0.3 is 10.1 Å². The summed E-state index contributed by atoms with van der Waals surface area (Å²) >= 11 is 1.93. The lowest BCUT2D eigenvalue weighted by Gasteiger charge is -2.17. The van der Waals surface area contributed by atoms with Gasteiger partial charge in [-0.1, -0.05) is 0 Å². The third-order valence-corrected chi connectivity index (χ3v) is 3.65. The quantitative estimate of drug-likeness (QED) is 0.768. The molecule has 7 heteroatoms. The Morgan fingerprint density at radius 2 is 2.06 bits per heavy atom. The molecule has 1 aromatic carbocycles. The van der Waals surface area contributed by atoms with Gasteiger partial charge in [0.05, 0.1) is 11.6 Å². The maximum atomic E-state index is 12.6. The predicted molar refractivity (Wildman–Crippen MR) is 66.0 cm³/mol. The van der Waals surface area contributed by atoms with Crippen molar-refractivity contribution in [3.8, 4) is 0 Å². The number of amides is 1. The Morgan fingerprint density at radius 1 is 1.39 bits per heavy atom. The number of halogens is 4. The first-order valence-electron chi connectivity index (χ1n) is 5.13. The second-order valence-corrected chi connectivity index (χ2v) is 5.16. The molecule has 0 unspecified atom stereocenters. The number of nitrogens with one attached hydrogen (secondary N) is 1. The summed E-state index contributed by atoms with van der Waals surface area (Å²) < 4.78 is 43.5. The van der Waals surface area contributed by atoms with Crippen molar-refractivity contribution >= 4 is 28.7 Å². The number of alkyl halides is 3. The first-order valence-corrected chi connectivity index (χ1v) is 6.20. The molecule has 18 heavy (non-hydrogen) atoms. The van der Waals surface area contributed by atoms with Gasteiger partial charge in [0.1, 0.15) is 6.10 Å². The summed E-state index contributed by atoms with van der Waals surface area (Å²) in [5, 5.41) is 2.50. The third kappa shape index (κ3) is 2.55. The van der Waals surface area contributed by atoms with E-state index < -0.39 is 23.9 Å². The molecule has 1 heterocycles. The summed E-state index contributed by atoms with van der Waals surface area (Å²) in [6.45, 7) is 1.69. The zero-order valence-electron chi connectivity index (χ0n) is 9.22. The van der Waals surface area contributed by atoms with Gasteiger partial charge in [0.15, 0.2) is 0 Å². The Bertz CT molecular complexity index is 490. The number of rotatable bonds is 1. The molecular weight excluding hydrogens is 362 g/mol. The van der Waals surface area contributed by atoms with E-state index >= 15 is 0 Å². The number of cyclic esters (lactones) is 1. The predicted octanol–water partition coefficient (Wildman–Crippen LogP) is 3.48. The number of carbonyl (C=O) groups excluding carboxylic acids is 1. The number of carbonyl (C=O) groups is 1. The van der Waals surface area contributed by atoms with Crippen LogP contribution in [0.15, 0.2) is 18.2 Å². The molecule has 1 aliphatic rings. The molecule has 0 spiro atoms. The topological polar surface area (TPSA) is 38.3 Å². The highest BCUT2D eigenvalue weighted by atomic mass is 127. The van der Waals surface area contributed by atoms with Gasteiger partial charge in [-0.05, 0) is 47.7 Å². The molecule has 1 saturated heterocycles. The summed E-state index contributed by atoms with van der Waals surface area (Å²) in [6.07, 6.45) is -5.70. The fraction of sp³-hybridized carbons (Fsp3) is 0.364. The molecule has 1 aliphatic heterocycles. The molecule has 2 atom stereocenters. The Morgan fingerprint density at radius 3 is 2.56 bits per heavy atom. The molecule has 0 aromatic heterocycles. The second kappa shape index (κ2) is 4.60. The summed E-state index contributed by atoms with van der Waals surface area (Å²) in [6, 6.07) is 3.07. The van der Waals surface area contributed by atoms with E-state index in [0.29, 0.717) is 9.13 Å². The molecule has 1 N–H and O–H groups in total. The lowest BCUT2D eigenvalue weighted by molar-refractivity contribution is -0.137. The van der Waals surface area contributed by atoms with E-state index in [1.165, 1.54) is 6.07 Å². The van der Waals surface area contributed by atoms with Gasteiger partial charge in [-0.2, -0.15) is 13.2 Å². The largest absolute Gasteiger partial charge is 0.439 e. The van der Waals surface area contributed by atoms with Crippen molar-refractivity contribution in [3.63, 3.8) is 0 Å². The molecule has 1 amide bonds. The Hall–Kier alpha value is -0.990. The van der Waals surface area contributed by atoms with Gasteiger partial charge in [-0.15, -0.1) is 0 Å². The van der Waals surface area contributed by atoms with Crippen LogP contribution in [0.5, 0.6) is 0 Å². The molecule has 1 aromatic rings. The zero-order chi connectivity index (χ0) is 13.5. The highest BCUT2D eigenvalue weighted by Gasteiger charge is 2.36.